The van der Waals surface area contributed by atoms with E-state index in [0.717, 1.165) is 39.3 Å². The first-order valence-electron chi connectivity index (χ1n) is 13.3. The number of nitrogens with two attached hydrogens (primary N) is 1. The number of aromatic nitrogens is 1. The van der Waals surface area contributed by atoms with Crippen molar-refractivity contribution in [3.63, 3.8) is 0 Å². The lowest BCUT2D eigenvalue weighted by Crippen LogP contribution is -2.31. The summed E-state index contributed by atoms with van der Waals surface area (Å²) in [6.45, 7) is 0.00613. The van der Waals surface area contributed by atoms with Gasteiger partial charge in [-0.2, -0.15) is 0 Å². The minimum absolute atomic E-state index is 0.00613. The van der Waals surface area contributed by atoms with Crippen LogP contribution in [0.4, 0.5) is 5.69 Å². The molecule has 202 valence electrons. The van der Waals surface area contributed by atoms with E-state index in [2.05, 4.69) is 0 Å². The molecule has 0 bridgehead atoms. The van der Waals surface area contributed by atoms with Crippen LogP contribution in [-0.4, -0.2) is 21.9 Å². The van der Waals surface area contributed by atoms with Gasteiger partial charge in [-0.25, -0.2) is 4.98 Å². The maximum Gasteiger partial charge on any atom is 0.256 e. The van der Waals surface area contributed by atoms with Gasteiger partial charge in [0.05, 0.1) is 18.8 Å². The van der Waals surface area contributed by atoms with E-state index in [0.29, 0.717) is 23.1 Å². The van der Waals surface area contributed by atoms with Gasteiger partial charge in [0, 0.05) is 34.6 Å². The molecule has 1 aliphatic heterocycles. The fourth-order valence-corrected chi connectivity index (χ4v) is 5.67. The Morgan fingerprint density at radius 2 is 1.52 bits per heavy atom. The number of oxazole rings is 1. The second-order valence-electron chi connectivity index (χ2n) is 9.72. The molecule has 3 N–H and O–H groups in total. The molecule has 0 radical (unpaired) electrons. The number of benzene rings is 4. The van der Waals surface area contributed by atoms with Crippen LogP contribution in [0.15, 0.2) is 119 Å². The molecule has 0 amide bonds. The number of hydrogen-bond acceptors (Lipinski definition) is 7. The molecule has 3 atom stereocenters. The highest BCUT2D eigenvalue weighted by Crippen LogP contribution is 2.41. The fourth-order valence-electron chi connectivity index (χ4n) is 4.83. The Morgan fingerprint density at radius 1 is 0.800 bits per heavy atom. The van der Waals surface area contributed by atoms with Crippen molar-refractivity contribution in [1.29, 1.82) is 0 Å². The number of thioether (sulfide) groups is 1. The van der Waals surface area contributed by atoms with Gasteiger partial charge in [-0.3, -0.25) is 0 Å². The van der Waals surface area contributed by atoms with Crippen LogP contribution >= 0.6 is 11.8 Å². The van der Waals surface area contributed by atoms with Crippen LogP contribution in [0.3, 0.4) is 0 Å². The van der Waals surface area contributed by atoms with Crippen molar-refractivity contribution in [1.82, 2.24) is 4.98 Å². The van der Waals surface area contributed by atoms with Crippen LogP contribution in [0.1, 0.15) is 35.5 Å². The third-order valence-electron chi connectivity index (χ3n) is 6.88. The number of nitrogen functional groups attached to an aromatic ring is 1. The normalized spacial score (nSPS) is 19.0. The molecule has 0 unspecified atom stereocenters. The molecule has 5 aromatic rings. The lowest BCUT2D eigenvalue weighted by Gasteiger charge is -2.36. The molecule has 0 aliphatic carbocycles. The van der Waals surface area contributed by atoms with Crippen molar-refractivity contribution in [2.24, 2.45) is 0 Å². The maximum atomic E-state index is 9.46. The topological polar surface area (TPSA) is 90.7 Å². The Balaban J connectivity index is 1.25. The molecule has 1 fully saturated rings. The Hall–Kier alpha value is -3.88. The minimum atomic E-state index is -0.560. The van der Waals surface area contributed by atoms with Gasteiger partial charge in [-0.1, -0.05) is 109 Å². The van der Waals surface area contributed by atoms with Gasteiger partial charge in [-0.15, -0.1) is 0 Å². The Kier molecular flexibility index (Phi) is 7.97. The summed E-state index contributed by atoms with van der Waals surface area (Å²) in [5.41, 5.74) is 12.3. The lowest BCUT2D eigenvalue weighted by atomic mass is 10.0. The van der Waals surface area contributed by atoms with Gasteiger partial charge < -0.3 is 24.7 Å². The highest BCUT2D eigenvalue weighted by atomic mass is 32.2. The van der Waals surface area contributed by atoms with E-state index in [1.807, 2.05) is 109 Å². The highest BCUT2D eigenvalue weighted by molar-refractivity contribution is 7.99. The summed E-state index contributed by atoms with van der Waals surface area (Å²) >= 11 is 1.54. The number of aliphatic hydroxyl groups excluding tert-OH is 1. The number of anilines is 1. The first-order valence-corrected chi connectivity index (χ1v) is 14.3. The quantitative estimate of drug-likeness (QED) is 0.153. The fraction of sp³-hybridized carbons (Fsp3) is 0.182. The van der Waals surface area contributed by atoms with E-state index in [9.17, 15) is 5.11 Å². The zero-order valence-corrected chi connectivity index (χ0v) is 22.7. The van der Waals surface area contributed by atoms with Crippen LogP contribution in [0.5, 0.6) is 0 Å². The third-order valence-corrected chi connectivity index (χ3v) is 7.84. The molecule has 4 aromatic carbocycles. The molecule has 1 aromatic heterocycles. The number of nitrogens with zero attached hydrogens (tertiary/aromatic N) is 1. The summed E-state index contributed by atoms with van der Waals surface area (Å²) in [4.78, 5) is 4.90. The summed E-state index contributed by atoms with van der Waals surface area (Å²) in [5.74, 6) is 1.39. The van der Waals surface area contributed by atoms with E-state index in [1.54, 1.807) is 0 Å². The lowest BCUT2D eigenvalue weighted by molar-refractivity contribution is -0.245. The molecular weight excluding hydrogens is 520 g/mol. The van der Waals surface area contributed by atoms with Crippen molar-refractivity contribution >= 4 is 17.4 Å². The minimum Gasteiger partial charge on any atom is -0.431 e. The molecular formula is C33H30N2O4S. The van der Waals surface area contributed by atoms with E-state index >= 15 is 0 Å². The van der Waals surface area contributed by atoms with Gasteiger partial charge >= 0.3 is 0 Å². The highest BCUT2D eigenvalue weighted by Gasteiger charge is 2.33. The predicted octanol–water partition coefficient (Wildman–Crippen LogP) is 7.42. The first kappa shape index (κ1) is 26.3. The first-order chi connectivity index (χ1) is 19.7. The van der Waals surface area contributed by atoms with Gasteiger partial charge in [0.2, 0.25) is 0 Å². The summed E-state index contributed by atoms with van der Waals surface area (Å²) in [5, 5.41) is 10.1. The maximum absolute atomic E-state index is 9.46. The van der Waals surface area contributed by atoms with E-state index in [4.69, 9.17) is 24.6 Å². The molecule has 0 spiro atoms. The molecule has 0 saturated carbocycles. The zero-order chi connectivity index (χ0) is 27.3. The van der Waals surface area contributed by atoms with Gasteiger partial charge in [0.15, 0.2) is 12.1 Å². The van der Waals surface area contributed by atoms with Crippen LogP contribution < -0.4 is 5.73 Å². The monoisotopic (exact) mass is 550 g/mol. The van der Waals surface area contributed by atoms with Crippen molar-refractivity contribution < 1.29 is 19.0 Å². The van der Waals surface area contributed by atoms with Crippen LogP contribution in [0.2, 0.25) is 0 Å². The molecule has 2 heterocycles. The second kappa shape index (κ2) is 12.1. The average molecular weight is 551 g/mol. The summed E-state index contributed by atoms with van der Waals surface area (Å²) in [6.07, 6.45) is -0.195. The Labute approximate surface area is 237 Å². The third kappa shape index (κ3) is 5.98. The second-order valence-corrected chi connectivity index (χ2v) is 10.7. The van der Waals surface area contributed by atoms with Gasteiger partial charge in [0.1, 0.15) is 5.69 Å². The summed E-state index contributed by atoms with van der Waals surface area (Å²) in [7, 11) is 0. The summed E-state index contributed by atoms with van der Waals surface area (Å²) in [6, 6.07) is 35.6. The predicted molar refractivity (Wildman–Crippen MR) is 157 cm³/mol. The number of hydrogen-bond donors (Lipinski definition) is 2. The zero-order valence-electron chi connectivity index (χ0n) is 21.9. The SMILES string of the molecule is Nc1cccc([C@@H]2O[C@H](CSc3nc(-c4ccccc4)c(-c4ccccc4)o3)C[C@H](c3ccc(CO)cc3)O2)c1. The van der Waals surface area contributed by atoms with E-state index in [1.165, 1.54) is 11.8 Å². The van der Waals surface area contributed by atoms with E-state index in [-0.39, 0.29) is 18.8 Å². The van der Waals surface area contributed by atoms with Crippen LogP contribution in [0, 0.1) is 0 Å². The molecule has 1 aliphatic rings. The van der Waals surface area contributed by atoms with Crippen LogP contribution in [0.25, 0.3) is 22.6 Å². The number of rotatable bonds is 8. The molecule has 1 saturated heterocycles. The largest absolute Gasteiger partial charge is 0.431 e. The Bertz CT molecular complexity index is 1480. The van der Waals surface area contributed by atoms with Crippen LogP contribution in [-0.2, 0) is 16.1 Å². The number of aliphatic hydroxyl groups is 1. The van der Waals surface area contributed by atoms with Crippen molar-refractivity contribution in [2.75, 3.05) is 11.5 Å². The van der Waals surface area contributed by atoms with Crippen molar-refractivity contribution in [3.8, 4) is 22.6 Å². The number of ether oxygens (including phenoxy) is 2. The van der Waals surface area contributed by atoms with Gasteiger partial charge in [0.25, 0.3) is 5.22 Å². The standard InChI is InChI=1S/C33H30N2O4S/c34-27-13-7-12-26(18-27)32-37-28(19-29(38-32)23-16-14-22(20-36)15-17-23)21-40-33-35-30(24-8-3-1-4-9-24)31(39-33)25-10-5-2-6-11-25/h1-18,28-29,32,36H,19-21,34H2/t28-,29+,32+/m0/s1. The van der Waals surface area contributed by atoms with Crippen molar-refractivity contribution in [2.45, 2.75) is 36.7 Å². The Morgan fingerprint density at radius 3 is 2.23 bits per heavy atom. The van der Waals surface area contributed by atoms with Gasteiger partial charge in [-0.05, 0) is 23.3 Å². The molecule has 6 nitrogen and oxygen atoms in total. The van der Waals surface area contributed by atoms with Crippen molar-refractivity contribution in [3.05, 3.63) is 126 Å². The summed E-state index contributed by atoms with van der Waals surface area (Å²) < 4.78 is 19.2. The molecule has 40 heavy (non-hydrogen) atoms. The average Bonchev–Trinajstić information content (AvgIpc) is 3.45. The molecule has 7 heteroatoms. The molecule has 6 rings (SSSR count). The smallest absolute Gasteiger partial charge is 0.256 e. The van der Waals surface area contributed by atoms with E-state index < -0.39 is 6.29 Å².